The highest BCUT2D eigenvalue weighted by molar-refractivity contribution is 5.31. The molecule has 98 valence electrons. The van der Waals surface area contributed by atoms with E-state index in [-0.39, 0.29) is 0 Å². The Balaban J connectivity index is 0.000000686. The number of hydrogen-bond acceptors (Lipinski definition) is 5. The molecule has 3 N–H and O–H groups in total. The van der Waals surface area contributed by atoms with Crippen molar-refractivity contribution in [3.8, 4) is 0 Å². The van der Waals surface area contributed by atoms with Crippen molar-refractivity contribution in [1.82, 2.24) is 14.8 Å². The third-order valence-electron chi connectivity index (χ3n) is 2.51. The van der Waals surface area contributed by atoms with E-state index >= 15 is 0 Å². The zero-order valence-corrected chi connectivity index (χ0v) is 10.9. The maximum Gasteiger partial charge on any atom is 0.244 e. The SMILES string of the molecule is CC.CCn1nc(NCC2CCCO2)nc1N. The van der Waals surface area contributed by atoms with E-state index in [9.17, 15) is 0 Å². The Morgan fingerprint density at radius 1 is 1.53 bits per heavy atom. The Morgan fingerprint density at radius 3 is 2.82 bits per heavy atom. The molecule has 17 heavy (non-hydrogen) atoms. The van der Waals surface area contributed by atoms with Gasteiger partial charge in [-0.1, -0.05) is 13.8 Å². The van der Waals surface area contributed by atoms with Gasteiger partial charge in [-0.3, -0.25) is 0 Å². The molecule has 1 unspecified atom stereocenters. The van der Waals surface area contributed by atoms with Gasteiger partial charge in [0.2, 0.25) is 11.9 Å². The minimum absolute atomic E-state index is 0.291. The van der Waals surface area contributed by atoms with Gasteiger partial charge in [0, 0.05) is 19.7 Å². The minimum atomic E-state index is 0.291. The molecule has 0 aromatic carbocycles. The maximum atomic E-state index is 5.65. The Kier molecular flexibility index (Phi) is 5.76. The van der Waals surface area contributed by atoms with Crippen LogP contribution < -0.4 is 11.1 Å². The number of rotatable bonds is 4. The number of ether oxygens (including phenoxy) is 1. The van der Waals surface area contributed by atoms with E-state index < -0.39 is 0 Å². The predicted octanol–water partition coefficient (Wildman–Crippen LogP) is 1.50. The predicted molar refractivity (Wildman–Crippen MR) is 68.9 cm³/mol. The van der Waals surface area contributed by atoms with Gasteiger partial charge in [-0.2, -0.15) is 4.98 Å². The zero-order valence-electron chi connectivity index (χ0n) is 10.9. The summed E-state index contributed by atoms with van der Waals surface area (Å²) >= 11 is 0. The summed E-state index contributed by atoms with van der Waals surface area (Å²) in [5, 5.41) is 7.34. The summed E-state index contributed by atoms with van der Waals surface area (Å²) < 4.78 is 7.15. The summed E-state index contributed by atoms with van der Waals surface area (Å²) in [6.07, 6.45) is 2.54. The summed E-state index contributed by atoms with van der Waals surface area (Å²) in [4.78, 5) is 4.11. The second-order valence-corrected chi connectivity index (χ2v) is 3.63. The van der Waals surface area contributed by atoms with E-state index in [1.165, 1.54) is 0 Å². The van der Waals surface area contributed by atoms with Crippen molar-refractivity contribution < 1.29 is 4.74 Å². The van der Waals surface area contributed by atoms with Crippen molar-refractivity contribution in [1.29, 1.82) is 0 Å². The van der Waals surface area contributed by atoms with Crippen LogP contribution in [-0.4, -0.2) is 34.0 Å². The normalized spacial score (nSPS) is 18.6. The van der Waals surface area contributed by atoms with E-state index in [1.807, 2.05) is 20.8 Å². The van der Waals surface area contributed by atoms with Crippen LogP contribution in [0.5, 0.6) is 0 Å². The molecule has 1 aliphatic heterocycles. The lowest BCUT2D eigenvalue weighted by Crippen LogP contribution is -2.19. The highest BCUT2D eigenvalue weighted by atomic mass is 16.5. The summed E-state index contributed by atoms with van der Waals surface area (Å²) in [5.74, 6) is 1.04. The molecule has 0 aliphatic carbocycles. The topological polar surface area (TPSA) is 78.0 Å². The molecule has 1 saturated heterocycles. The summed E-state index contributed by atoms with van der Waals surface area (Å²) in [7, 11) is 0. The molecule has 6 heteroatoms. The molecule has 1 aromatic rings. The first-order valence-corrected chi connectivity index (χ1v) is 6.35. The second kappa shape index (κ2) is 7.11. The van der Waals surface area contributed by atoms with Crippen LogP contribution in [-0.2, 0) is 11.3 Å². The highest BCUT2D eigenvalue weighted by Gasteiger charge is 2.15. The van der Waals surface area contributed by atoms with Crippen LogP contribution in [0.25, 0.3) is 0 Å². The number of hydrogen-bond donors (Lipinski definition) is 2. The average molecular weight is 241 g/mol. The smallest absolute Gasteiger partial charge is 0.244 e. The van der Waals surface area contributed by atoms with Gasteiger partial charge < -0.3 is 15.8 Å². The number of aryl methyl sites for hydroxylation is 1. The Labute approximate surface area is 103 Å². The summed E-state index contributed by atoms with van der Waals surface area (Å²) in [6, 6.07) is 0. The third kappa shape index (κ3) is 3.89. The molecule has 0 saturated carbocycles. The second-order valence-electron chi connectivity index (χ2n) is 3.63. The molecule has 1 atom stereocenters. The van der Waals surface area contributed by atoms with E-state index in [4.69, 9.17) is 10.5 Å². The molecule has 0 radical (unpaired) electrons. The highest BCUT2D eigenvalue weighted by Crippen LogP contribution is 2.12. The number of anilines is 2. The van der Waals surface area contributed by atoms with Crippen LogP contribution in [0.15, 0.2) is 0 Å². The molecule has 2 rings (SSSR count). The fourth-order valence-corrected chi connectivity index (χ4v) is 1.67. The standard InChI is InChI=1S/C9H17N5O.C2H6/c1-2-14-8(10)12-9(13-14)11-6-7-4-3-5-15-7;1-2/h7H,2-6H2,1H3,(H3,10,11,12,13);1-2H3. The maximum absolute atomic E-state index is 5.65. The molecule has 0 bridgehead atoms. The van der Waals surface area contributed by atoms with Gasteiger partial charge in [-0.25, -0.2) is 4.68 Å². The number of nitrogens with zero attached hydrogens (tertiary/aromatic N) is 3. The van der Waals surface area contributed by atoms with Crippen molar-refractivity contribution in [2.24, 2.45) is 0 Å². The van der Waals surface area contributed by atoms with E-state index in [0.717, 1.165) is 32.5 Å². The van der Waals surface area contributed by atoms with Crippen LogP contribution >= 0.6 is 0 Å². The van der Waals surface area contributed by atoms with Crippen molar-refractivity contribution >= 4 is 11.9 Å². The molecule has 0 spiro atoms. The van der Waals surface area contributed by atoms with Crippen molar-refractivity contribution in [3.63, 3.8) is 0 Å². The number of nitrogens with one attached hydrogen (secondary N) is 1. The average Bonchev–Trinajstić information content (AvgIpc) is 2.98. The quantitative estimate of drug-likeness (QED) is 0.835. The van der Waals surface area contributed by atoms with Crippen LogP contribution in [0.4, 0.5) is 11.9 Å². The zero-order chi connectivity index (χ0) is 12.7. The fraction of sp³-hybridized carbons (Fsp3) is 0.818. The Bertz CT molecular complexity index is 320. The van der Waals surface area contributed by atoms with Crippen LogP contribution in [0.1, 0.15) is 33.6 Å². The molecule has 0 amide bonds. The first-order valence-electron chi connectivity index (χ1n) is 6.35. The number of nitrogen functional groups attached to an aromatic ring is 1. The van der Waals surface area contributed by atoms with E-state index in [2.05, 4.69) is 15.4 Å². The first-order chi connectivity index (χ1) is 8.29. The van der Waals surface area contributed by atoms with Gasteiger partial charge in [0.25, 0.3) is 0 Å². The minimum Gasteiger partial charge on any atom is -0.376 e. The number of aromatic nitrogens is 3. The fourth-order valence-electron chi connectivity index (χ4n) is 1.67. The van der Waals surface area contributed by atoms with Gasteiger partial charge in [0.1, 0.15) is 0 Å². The van der Waals surface area contributed by atoms with Gasteiger partial charge in [0.15, 0.2) is 0 Å². The number of nitrogens with two attached hydrogens (primary N) is 1. The van der Waals surface area contributed by atoms with Gasteiger partial charge in [-0.05, 0) is 19.8 Å². The van der Waals surface area contributed by atoms with E-state index in [0.29, 0.717) is 18.0 Å². The molecule has 2 heterocycles. The van der Waals surface area contributed by atoms with Crippen molar-refractivity contribution in [2.45, 2.75) is 46.3 Å². The monoisotopic (exact) mass is 241 g/mol. The van der Waals surface area contributed by atoms with E-state index in [1.54, 1.807) is 4.68 Å². The van der Waals surface area contributed by atoms with Crippen molar-refractivity contribution in [2.75, 3.05) is 24.2 Å². The van der Waals surface area contributed by atoms with Gasteiger partial charge >= 0.3 is 0 Å². The summed E-state index contributed by atoms with van der Waals surface area (Å²) in [5.41, 5.74) is 5.65. The van der Waals surface area contributed by atoms with Crippen molar-refractivity contribution in [3.05, 3.63) is 0 Å². The van der Waals surface area contributed by atoms with Crippen LogP contribution in [0, 0.1) is 0 Å². The molecule has 1 aromatic heterocycles. The Hall–Kier alpha value is -1.30. The van der Waals surface area contributed by atoms with Crippen LogP contribution in [0.2, 0.25) is 0 Å². The molecule has 6 nitrogen and oxygen atoms in total. The molecular formula is C11H23N5O. The lowest BCUT2D eigenvalue weighted by atomic mass is 10.2. The van der Waals surface area contributed by atoms with Gasteiger partial charge in [-0.15, -0.1) is 5.10 Å². The largest absolute Gasteiger partial charge is 0.376 e. The Morgan fingerprint density at radius 2 is 2.29 bits per heavy atom. The van der Waals surface area contributed by atoms with Crippen LogP contribution in [0.3, 0.4) is 0 Å². The molecule has 1 fully saturated rings. The first kappa shape index (κ1) is 13.8. The summed E-state index contributed by atoms with van der Waals surface area (Å²) in [6.45, 7) is 8.34. The van der Waals surface area contributed by atoms with Gasteiger partial charge in [0.05, 0.1) is 6.10 Å². The third-order valence-corrected chi connectivity index (χ3v) is 2.51. The lowest BCUT2D eigenvalue weighted by molar-refractivity contribution is 0.120. The molecule has 1 aliphatic rings. The lowest BCUT2D eigenvalue weighted by Gasteiger charge is -2.08. The molecular weight excluding hydrogens is 218 g/mol.